The van der Waals surface area contributed by atoms with Crippen LogP contribution in [0.3, 0.4) is 0 Å². The number of nitrogen functional groups attached to an aromatic ring is 1. The number of hydrogen-bond donors (Lipinski definition) is 1. The number of hydrogen-bond acceptors (Lipinski definition) is 4. The van der Waals surface area contributed by atoms with Crippen LogP contribution in [0.5, 0.6) is 0 Å². The minimum Gasteiger partial charge on any atom is -0.398 e. The van der Waals surface area contributed by atoms with Gasteiger partial charge in [0.15, 0.2) is 0 Å². The van der Waals surface area contributed by atoms with Crippen molar-refractivity contribution in [3.05, 3.63) is 50.6 Å². The Morgan fingerprint density at radius 3 is 3.05 bits per heavy atom. The third-order valence-electron chi connectivity index (χ3n) is 4.04. The van der Waals surface area contributed by atoms with Crippen molar-refractivity contribution in [3.8, 4) is 0 Å². The van der Waals surface area contributed by atoms with Crippen molar-refractivity contribution in [3.63, 3.8) is 0 Å². The Bertz CT molecular complexity index is 661. The smallest absolute Gasteiger partial charge is 0.250 e. The van der Waals surface area contributed by atoms with Crippen LogP contribution in [0.15, 0.2) is 34.6 Å². The molecular weight excluding hydrogens is 270 g/mol. The zero-order valence-electron chi connectivity index (χ0n) is 11.6. The molecule has 0 fully saturated rings. The summed E-state index contributed by atoms with van der Waals surface area (Å²) in [4.78, 5) is 15.7. The molecule has 2 aromatic heterocycles. The Hall–Kier alpha value is -1.59. The van der Waals surface area contributed by atoms with Gasteiger partial charge < -0.3 is 10.3 Å². The fraction of sp³-hybridized carbons (Fsp3) is 0.400. The summed E-state index contributed by atoms with van der Waals surface area (Å²) in [5.41, 5.74) is 7.84. The lowest BCUT2D eigenvalue weighted by molar-refractivity contribution is 0.192. The lowest BCUT2D eigenvalue weighted by atomic mass is 10.0. The molecule has 20 heavy (non-hydrogen) atoms. The minimum absolute atomic E-state index is 0.0140. The Balaban J connectivity index is 1.70. The summed E-state index contributed by atoms with van der Waals surface area (Å²) in [6.45, 7) is 4.87. The molecular formula is C15H19N3OS. The molecule has 106 valence electrons. The van der Waals surface area contributed by atoms with Crippen LogP contribution in [-0.4, -0.2) is 22.6 Å². The molecule has 5 heteroatoms. The molecule has 1 unspecified atom stereocenters. The fourth-order valence-electron chi connectivity index (χ4n) is 2.83. The van der Waals surface area contributed by atoms with E-state index >= 15 is 0 Å². The van der Waals surface area contributed by atoms with Crippen molar-refractivity contribution in [2.45, 2.75) is 25.9 Å². The van der Waals surface area contributed by atoms with E-state index in [2.05, 4.69) is 23.3 Å². The summed E-state index contributed by atoms with van der Waals surface area (Å²) in [5, 5.41) is 2.17. The van der Waals surface area contributed by atoms with Crippen LogP contribution >= 0.6 is 11.3 Å². The number of nitrogens with zero attached hydrogens (tertiary/aromatic N) is 2. The van der Waals surface area contributed by atoms with Crippen LogP contribution in [0, 0.1) is 0 Å². The van der Waals surface area contributed by atoms with Gasteiger partial charge in [-0.2, -0.15) is 0 Å². The Morgan fingerprint density at radius 1 is 1.35 bits per heavy atom. The number of fused-ring (bicyclic) bond motifs is 1. The molecule has 2 aromatic rings. The van der Waals surface area contributed by atoms with Crippen molar-refractivity contribution < 1.29 is 0 Å². The normalized spacial score (nSPS) is 18.9. The predicted molar refractivity (Wildman–Crippen MR) is 83.1 cm³/mol. The van der Waals surface area contributed by atoms with Gasteiger partial charge in [0.25, 0.3) is 5.56 Å². The van der Waals surface area contributed by atoms with Crippen molar-refractivity contribution in [1.82, 2.24) is 9.47 Å². The van der Waals surface area contributed by atoms with E-state index in [1.165, 1.54) is 16.5 Å². The summed E-state index contributed by atoms with van der Waals surface area (Å²) in [6.07, 6.45) is 2.84. The molecule has 2 N–H and O–H groups in total. The van der Waals surface area contributed by atoms with Crippen LogP contribution in [0.4, 0.5) is 5.69 Å². The fourth-order valence-corrected chi connectivity index (χ4v) is 3.79. The maximum absolute atomic E-state index is 11.8. The average Bonchev–Trinajstić information content (AvgIpc) is 2.91. The molecule has 0 aromatic carbocycles. The second kappa shape index (κ2) is 5.42. The first-order valence-electron chi connectivity index (χ1n) is 6.91. The highest BCUT2D eigenvalue weighted by Gasteiger charge is 2.24. The molecule has 0 amide bonds. The molecule has 0 spiro atoms. The highest BCUT2D eigenvalue weighted by molar-refractivity contribution is 7.10. The zero-order valence-corrected chi connectivity index (χ0v) is 12.4. The first-order chi connectivity index (χ1) is 9.65. The zero-order chi connectivity index (χ0) is 14.1. The van der Waals surface area contributed by atoms with Crippen molar-refractivity contribution in [1.29, 1.82) is 0 Å². The molecule has 0 saturated carbocycles. The van der Waals surface area contributed by atoms with E-state index in [4.69, 9.17) is 5.73 Å². The Labute approximate surface area is 122 Å². The van der Waals surface area contributed by atoms with Gasteiger partial charge in [-0.25, -0.2) is 0 Å². The molecule has 0 saturated heterocycles. The van der Waals surface area contributed by atoms with Gasteiger partial charge in [0, 0.05) is 48.5 Å². The van der Waals surface area contributed by atoms with Crippen molar-refractivity contribution in [2.24, 2.45) is 0 Å². The van der Waals surface area contributed by atoms with Gasteiger partial charge in [-0.15, -0.1) is 11.3 Å². The van der Waals surface area contributed by atoms with Crippen molar-refractivity contribution >= 4 is 17.0 Å². The van der Waals surface area contributed by atoms with Crippen LogP contribution in [0.2, 0.25) is 0 Å². The first kappa shape index (κ1) is 13.4. The number of nitrogens with two attached hydrogens (primary N) is 1. The van der Waals surface area contributed by atoms with E-state index < -0.39 is 0 Å². The van der Waals surface area contributed by atoms with Crippen LogP contribution < -0.4 is 11.3 Å². The monoisotopic (exact) mass is 289 g/mol. The third kappa shape index (κ3) is 2.51. The summed E-state index contributed by atoms with van der Waals surface area (Å²) in [6, 6.07) is 5.84. The lowest BCUT2D eigenvalue weighted by Crippen LogP contribution is -2.36. The molecule has 0 aliphatic carbocycles. The molecule has 1 atom stereocenters. The van der Waals surface area contributed by atoms with Gasteiger partial charge in [-0.05, 0) is 36.4 Å². The van der Waals surface area contributed by atoms with E-state index in [9.17, 15) is 4.79 Å². The second-order valence-electron chi connectivity index (χ2n) is 5.26. The maximum Gasteiger partial charge on any atom is 0.250 e. The van der Waals surface area contributed by atoms with Gasteiger partial charge >= 0.3 is 0 Å². The molecule has 0 bridgehead atoms. The molecule has 3 rings (SSSR count). The molecule has 4 nitrogen and oxygen atoms in total. The largest absolute Gasteiger partial charge is 0.398 e. The van der Waals surface area contributed by atoms with E-state index in [0.29, 0.717) is 18.3 Å². The molecule has 1 aliphatic rings. The van der Waals surface area contributed by atoms with E-state index in [1.54, 1.807) is 16.8 Å². The minimum atomic E-state index is 0.0140. The summed E-state index contributed by atoms with van der Waals surface area (Å²) >= 11 is 1.85. The topological polar surface area (TPSA) is 51.3 Å². The van der Waals surface area contributed by atoms with Crippen molar-refractivity contribution in [2.75, 3.05) is 18.8 Å². The highest BCUT2D eigenvalue weighted by atomic mass is 32.1. The van der Waals surface area contributed by atoms with E-state index in [-0.39, 0.29) is 5.56 Å². The van der Waals surface area contributed by atoms with Gasteiger partial charge in [0.2, 0.25) is 0 Å². The average molecular weight is 289 g/mol. The SMILES string of the molecule is CC1c2ccsc2CCN1CCn1cc(N)ccc1=O. The van der Waals surface area contributed by atoms with Crippen LogP contribution in [0.1, 0.15) is 23.4 Å². The first-order valence-corrected chi connectivity index (χ1v) is 7.79. The van der Waals surface area contributed by atoms with Crippen LogP contribution in [0.25, 0.3) is 0 Å². The number of aromatic nitrogens is 1. The van der Waals surface area contributed by atoms with Gasteiger partial charge in [-0.1, -0.05) is 0 Å². The number of pyridine rings is 1. The van der Waals surface area contributed by atoms with Crippen LogP contribution in [-0.2, 0) is 13.0 Å². The van der Waals surface area contributed by atoms with E-state index in [1.807, 2.05) is 11.3 Å². The quantitative estimate of drug-likeness (QED) is 0.941. The Kier molecular flexibility index (Phi) is 3.63. The maximum atomic E-state index is 11.8. The van der Waals surface area contributed by atoms with E-state index in [0.717, 1.165) is 19.5 Å². The van der Waals surface area contributed by atoms with Gasteiger partial charge in [-0.3, -0.25) is 9.69 Å². The molecule has 0 radical (unpaired) electrons. The predicted octanol–water partition coefficient (Wildman–Crippen LogP) is 2.11. The number of anilines is 1. The van der Waals surface area contributed by atoms with Gasteiger partial charge in [0.1, 0.15) is 0 Å². The number of thiophene rings is 1. The van der Waals surface area contributed by atoms with Gasteiger partial charge in [0.05, 0.1) is 0 Å². The molecule has 3 heterocycles. The summed E-state index contributed by atoms with van der Waals surface area (Å²) in [7, 11) is 0. The highest BCUT2D eigenvalue weighted by Crippen LogP contribution is 2.32. The lowest BCUT2D eigenvalue weighted by Gasteiger charge is -2.33. The summed E-state index contributed by atoms with van der Waals surface area (Å²) < 4.78 is 1.70. The molecule has 1 aliphatic heterocycles. The Morgan fingerprint density at radius 2 is 2.20 bits per heavy atom. The standard InChI is InChI=1S/C15H19N3OS/c1-11-13-5-9-20-14(13)4-6-17(11)7-8-18-10-12(16)2-3-15(18)19/h2-3,5,9-11H,4,6-8,16H2,1H3. The second-order valence-corrected chi connectivity index (χ2v) is 6.26. The third-order valence-corrected chi connectivity index (χ3v) is 5.03. The summed E-state index contributed by atoms with van der Waals surface area (Å²) in [5.74, 6) is 0. The number of rotatable bonds is 3.